The Kier molecular flexibility index (Phi) is 4.59. The van der Waals surface area contributed by atoms with Crippen LogP contribution in [0.4, 0.5) is 16.2 Å². The molecule has 0 fully saturated rings. The highest BCUT2D eigenvalue weighted by molar-refractivity contribution is 7.94. The quantitative estimate of drug-likeness (QED) is 0.665. The number of thiol groups is 2. The highest BCUT2D eigenvalue weighted by atomic mass is 32.2. The molecule has 0 saturated carbocycles. The molecule has 0 N–H and O–H groups in total. The second-order valence-corrected chi connectivity index (χ2v) is 4.73. The number of carbonyl (C=O) groups is 1. The minimum atomic E-state index is -0.695. The minimum absolute atomic E-state index is 0.695. The molecule has 0 spiro atoms. The summed E-state index contributed by atoms with van der Waals surface area (Å²) in [5.41, 5.74) is 1.45. The Morgan fingerprint density at radius 2 is 1.26 bits per heavy atom. The van der Waals surface area contributed by atoms with E-state index in [-0.39, 0.29) is 0 Å². The summed E-state index contributed by atoms with van der Waals surface area (Å²) in [4.78, 5) is 16.9. The molecule has 2 rings (SSSR count). The van der Waals surface area contributed by atoms with Crippen molar-refractivity contribution < 1.29 is 9.63 Å². The lowest BCUT2D eigenvalue weighted by atomic mass is 10.2. The number of benzene rings is 2. The molecule has 0 radical (unpaired) electrons. The van der Waals surface area contributed by atoms with Gasteiger partial charge in [0, 0.05) is 0 Å². The van der Waals surface area contributed by atoms with Crippen LogP contribution in [0, 0.1) is 0 Å². The van der Waals surface area contributed by atoms with Crippen molar-refractivity contribution in [2.45, 2.75) is 0 Å². The second-order valence-electron chi connectivity index (χ2n) is 3.61. The average Bonchev–Trinajstić information content (AvgIpc) is 2.46. The molecular weight excluding hydrogens is 280 g/mol. The smallest absolute Gasteiger partial charge is 0.315 e. The van der Waals surface area contributed by atoms with Gasteiger partial charge in [-0.25, -0.2) is 4.79 Å². The molecule has 0 aliphatic carbocycles. The Morgan fingerprint density at radius 1 is 0.842 bits per heavy atom. The first-order valence-corrected chi connectivity index (χ1v) is 6.28. The standard InChI is InChI=1S/C13H12N2O2S2/c16-13(15(18)19)17-14(11-7-3-1-4-8-11)12-9-5-2-6-10-12/h1-10,18-19H. The van der Waals surface area contributed by atoms with E-state index >= 15 is 0 Å². The van der Waals surface area contributed by atoms with Crippen molar-refractivity contribution in [3.05, 3.63) is 60.7 Å². The van der Waals surface area contributed by atoms with Crippen molar-refractivity contribution in [2.24, 2.45) is 0 Å². The molecule has 2 aromatic carbocycles. The molecule has 4 nitrogen and oxygen atoms in total. The van der Waals surface area contributed by atoms with E-state index < -0.39 is 6.09 Å². The van der Waals surface area contributed by atoms with Crippen molar-refractivity contribution in [1.82, 2.24) is 3.71 Å². The highest BCUT2D eigenvalue weighted by Crippen LogP contribution is 2.26. The third-order valence-electron chi connectivity index (χ3n) is 2.31. The van der Waals surface area contributed by atoms with Gasteiger partial charge in [0.15, 0.2) is 0 Å². The van der Waals surface area contributed by atoms with Crippen LogP contribution >= 0.6 is 25.6 Å². The number of anilines is 2. The van der Waals surface area contributed by atoms with Gasteiger partial charge >= 0.3 is 6.09 Å². The molecule has 0 aliphatic rings. The maximum atomic E-state index is 11.6. The molecule has 6 heteroatoms. The first kappa shape index (κ1) is 13.6. The Bertz CT molecular complexity index is 495. The maximum absolute atomic E-state index is 11.6. The van der Waals surface area contributed by atoms with E-state index in [1.807, 2.05) is 60.7 Å². The molecule has 0 unspecified atom stereocenters. The molecule has 2 aromatic rings. The van der Waals surface area contributed by atoms with Crippen LogP contribution in [0.25, 0.3) is 0 Å². The van der Waals surface area contributed by atoms with Crippen LogP contribution in [-0.4, -0.2) is 9.80 Å². The third-order valence-corrected chi connectivity index (χ3v) is 2.64. The van der Waals surface area contributed by atoms with E-state index in [9.17, 15) is 4.79 Å². The fraction of sp³-hybridized carbons (Fsp3) is 0. The van der Waals surface area contributed by atoms with Crippen molar-refractivity contribution in [2.75, 3.05) is 5.06 Å². The van der Waals surface area contributed by atoms with E-state index in [0.29, 0.717) is 0 Å². The largest absolute Gasteiger partial charge is 0.454 e. The molecule has 0 bridgehead atoms. The maximum Gasteiger partial charge on any atom is 0.454 e. The van der Waals surface area contributed by atoms with Crippen LogP contribution < -0.4 is 5.06 Å². The SMILES string of the molecule is O=C(ON(c1ccccc1)c1ccccc1)N(S)S. The van der Waals surface area contributed by atoms with Crippen molar-refractivity contribution in [3.63, 3.8) is 0 Å². The second kappa shape index (κ2) is 6.40. The van der Waals surface area contributed by atoms with Gasteiger partial charge in [-0.15, -0.1) is 0 Å². The third kappa shape index (κ3) is 3.59. The van der Waals surface area contributed by atoms with Gasteiger partial charge in [0.05, 0.1) is 11.4 Å². The van der Waals surface area contributed by atoms with Gasteiger partial charge < -0.3 is 4.84 Å². The van der Waals surface area contributed by atoms with Crippen molar-refractivity contribution >= 4 is 43.1 Å². The zero-order chi connectivity index (χ0) is 13.7. The van der Waals surface area contributed by atoms with Crippen molar-refractivity contribution in [3.8, 4) is 0 Å². The van der Waals surface area contributed by atoms with Crippen molar-refractivity contribution in [1.29, 1.82) is 0 Å². The number of carbonyl (C=O) groups excluding carboxylic acids is 1. The lowest BCUT2D eigenvalue weighted by Gasteiger charge is -2.23. The van der Waals surface area contributed by atoms with E-state index in [1.165, 1.54) is 5.06 Å². The Balaban J connectivity index is 2.32. The summed E-state index contributed by atoms with van der Waals surface area (Å²) in [6.45, 7) is 0. The lowest BCUT2D eigenvalue weighted by Crippen LogP contribution is -2.26. The van der Waals surface area contributed by atoms with Crippen LogP contribution in [0.1, 0.15) is 0 Å². The fourth-order valence-corrected chi connectivity index (χ4v) is 1.57. The van der Waals surface area contributed by atoms with Crippen LogP contribution in [0.3, 0.4) is 0 Å². The molecular formula is C13H12N2O2S2. The van der Waals surface area contributed by atoms with Gasteiger partial charge in [-0.2, -0.15) is 8.77 Å². The normalized spacial score (nSPS) is 9.79. The summed E-state index contributed by atoms with van der Waals surface area (Å²) in [6, 6.07) is 18.6. The number of hydrogen-bond donors (Lipinski definition) is 2. The summed E-state index contributed by atoms with van der Waals surface area (Å²) >= 11 is 7.58. The topological polar surface area (TPSA) is 32.8 Å². The number of nitrogens with zero attached hydrogens (tertiary/aromatic N) is 2. The van der Waals surface area contributed by atoms with Crippen LogP contribution in [-0.2, 0) is 4.84 Å². The highest BCUT2D eigenvalue weighted by Gasteiger charge is 2.17. The average molecular weight is 292 g/mol. The molecule has 0 heterocycles. The molecule has 1 amide bonds. The first-order valence-electron chi connectivity index (χ1n) is 5.48. The van der Waals surface area contributed by atoms with Gasteiger partial charge in [0.1, 0.15) is 0 Å². The van der Waals surface area contributed by atoms with Gasteiger partial charge in [0.25, 0.3) is 0 Å². The molecule has 98 valence electrons. The number of amides is 1. The van der Waals surface area contributed by atoms with Crippen LogP contribution in [0.15, 0.2) is 60.7 Å². The fourth-order valence-electron chi connectivity index (χ4n) is 1.50. The van der Waals surface area contributed by atoms with Crippen LogP contribution in [0.2, 0.25) is 0 Å². The van der Waals surface area contributed by atoms with E-state index in [2.05, 4.69) is 25.6 Å². The van der Waals surface area contributed by atoms with E-state index in [1.54, 1.807) is 0 Å². The summed E-state index contributed by atoms with van der Waals surface area (Å²) in [6.07, 6.45) is -0.695. The lowest BCUT2D eigenvalue weighted by molar-refractivity contribution is 0.143. The van der Waals surface area contributed by atoms with Gasteiger partial charge in [0.2, 0.25) is 0 Å². The zero-order valence-electron chi connectivity index (χ0n) is 9.88. The van der Waals surface area contributed by atoms with Gasteiger partial charge in [-0.3, -0.25) is 0 Å². The van der Waals surface area contributed by atoms with E-state index in [0.717, 1.165) is 15.1 Å². The molecule has 19 heavy (non-hydrogen) atoms. The number of hydrogen-bond acceptors (Lipinski definition) is 5. The zero-order valence-corrected chi connectivity index (χ0v) is 11.7. The molecule has 0 aliphatic heterocycles. The number of rotatable bonds is 3. The Hall–Kier alpha value is -1.79. The van der Waals surface area contributed by atoms with Gasteiger partial charge in [-0.1, -0.05) is 36.4 Å². The van der Waals surface area contributed by atoms with Crippen LogP contribution in [0.5, 0.6) is 0 Å². The summed E-state index contributed by atoms with van der Waals surface area (Å²) in [7, 11) is 0. The molecule has 0 atom stereocenters. The number of para-hydroxylation sites is 2. The van der Waals surface area contributed by atoms with E-state index in [4.69, 9.17) is 4.84 Å². The predicted molar refractivity (Wildman–Crippen MR) is 81.3 cm³/mol. The first-order chi connectivity index (χ1) is 9.18. The Labute approximate surface area is 122 Å². The molecule has 0 aromatic heterocycles. The summed E-state index contributed by atoms with van der Waals surface area (Å²) in [5.74, 6) is 0. The summed E-state index contributed by atoms with van der Waals surface area (Å²) < 4.78 is 0.777. The minimum Gasteiger partial charge on any atom is -0.315 e. The molecule has 0 saturated heterocycles. The Morgan fingerprint density at radius 3 is 1.63 bits per heavy atom. The summed E-state index contributed by atoms with van der Waals surface area (Å²) in [5, 5.41) is 1.42. The predicted octanol–water partition coefficient (Wildman–Crippen LogP) is 3.87. The monoisotopic (exact) mass is 292 g/mol. The van der Waals surface area contributed by atoms with Gasteiger partial charge in [-0.05, 0) is 49.9 Å².